The van der Waals surface area contributed by atoms with Gasteiger partial charge in [0.1, 0.15) is 5.75 Å². The van der Waals surface area contributed by atoms with Crippen molar-refractivity contribution in [3.8, 4) is 0 Å². The van der Waals surface area contributed by atoms with Crippen molar-refractivity contribution in [2.45, 2.75) is 18.1 Å². The summed E-state index contributed by atoms with van der Waals surface area (Å²) in [4.78, 5) is 0. The van der Waals surface area contributed by atoms with Crippen LogP contribution in [0.15, 0.2) is 18.2 Å². The molecule has 1 aromatic rings. The number of benzene rings is 1. The van der Waals surface area contributed by atoms with Gasteiger partial charge in [0, 0.05) is 0 Å². The normalized spacial score (nSPS) is 12.9. The molecule has 0 heterocycles. The molecular formula is C9H7F6NaO3S. The van der Waals surface area contributed by atoms with Crippen LogP contribution in [0.1, 0.15) is 16.7 Å². The van der Waals surface area contributed by atoms with E-state index >= 15 is 0 Å². The summed E-state index contributed by atoms with van der Waals surface area (Å²) in [6.45, 7) is 0. The summed E-state index contributed by atoms with van der Waals surface area (Å²) in [6.07, 6.45) is -10.3. The second-order valence-corrected chi connectivity index (χ2v) is 5.01. The summed E-state index contributed by atoms with van der Waals surface area (Å²) in [5, 5.41) is 0. The fourth-order valence-corrected chi connectivity index (χ4v) is 2.13. The van der Waals surface area contributed by atoms with Crippen LogP contribution in [0.2, 0.25) is 0 Å². The van der Waals surface area contributed by atoms with Crippen LogP contribution in [0, 0.1) is 0 Å². The van der Waals surface area contributed by atoms with E-state index in [0.717, 1.165) is 0 Å². The Kier molecular flexibility index (Phi) is 6.13. The molecule has 0 spiro atoms. The van der Waals surface area contributed by atoms with Gasteiger partial charge < -0.3 is 0 Å². The van der Waals surface area contributed by atoms with Gasteiger partial charge in [-0.15, -0.1) is 0 Å². The van der Waals surface area contributed by atoms with Crippen molar-refractivity contribution in [1.29, 1.82) is 0 Å². The third-order valence-corrected chi connectivity index (χ3v) is 2.77. The van der Waals surface area contributed by atoms with Crippen molar-refractivity contribution < 1.29 is 39.3 Å². The van der Waals surface area contributed by atoms with E-state index < -0.39 is 44.9 Å². The predicted molar refractivity (Wildman–Crippen MR) is 58.8 cm³/mol. The van der Waals surface area contributed by atoms with Gasteiger partial charge >= 0.3 is 41.9 Å². The fourth-order valence-electron chi connectivity index (χ4n) is 1.46. The first-order valence-corrected chi connectivity index (χ1v) is 6.15. The zero-order chi connectivity index (χ0) is 15.1. The van der Waals surface area contributed by atoms with Crippen LogP contribution in [0.25, 0.3) is 0 Å². The molecule has 1 N–H and O–H groups in total. The van der Waals surface area contributed by atoms with E-state index in [1.807, 2.05) is 0 Å². The van der Waals surface area contributed by atoms with Crippen molar-refractivity contribution in [1.82, 2.24) is 0 Å². The minimum atomic E-state index is -5.17. The van der Waals surface area contributed by atoms with Crippen molar-refractivity contribution in [2.24, 2.45) is 0 Å². The summed E-state index contributed by atoms with van der Waals surface area (Å²) in [5.41, 5.74) is -5.02. The van der Waals surface area contributed by atoms with Crippen molar-refractivity contribution in [2.75, 3.05) is 0 Å². The third-order valence-electron chi connectivity index (χ3n) is 2.11. The number of halogens is 6. The van der Waals surface area contributed by atoms with Gasteiger partial charge in [0.15, 0.2) is 0 Å². The SMILES string of the molecule is O=S(=O)(O)Cc1c(C(F)(F)F)cccc1C(F)(F)F.[NaH]. The molecule has 1 aromatic carbocycles. The van der Waals surface area contributed by atoms with Gasteiger partial charge in [-0.3, -0.25) is 4.55 Å². The average molecular weight is 332 g/mol. The van der Waals surface area contributed by atoms with Crippen LogP contribution in [0.4, 0.5) is 26.3 Å². The first-order valence-electron chi connectivity index (χ1n) is 4.54. The topological polar surface area (TPSA) is 54.4 Å². The van der Waals surface area contributed by atoms with Gasteiger partial charge in [-0.05, 0) is 17.7 Å². The summed E-state index contributed by atoms with van der Waals surface area (Å²) in [7, 11) is -5.04. The second-order valence-electron chi connectivity index (χ2n) is 3.55. The number of alkyl halides is 6. The molecule has 0 saturated carbocycles. The van der Waals surface area contributed by atoms with Gasteiger partial charge in [-0.1, -0.05) is 6.07 Å². The van der Waals surface area contributed by atoms with Gasteiger partial charge in [-0.25, -0.2) is 0 Å². The maximum absolute atomic E-state index is 12.5. The number of hydrogen-bond acceptors (Lipinski definition) is 2. The van der Waals surface area contributed by atoms with Crippen LogP contribution in [0.3, 0.4) is 0 Å². The molecule has 0 fully saturated rings. The summed E-state index contributed by atoms with van der Waals surface area (Å²) in [6, 6.07) is 1.14. The van der Waals surface area contributed by atoms with Crippen molar-refractivity contribution in [3.63, 3.8) is 0 Å². The van der Waals surface area contributed by atoms with E-state index in [9.17, 15) is 34.8 Å². The summed E-state index contributed by atoms with van der Waals surface area (Å²) < 4.78 is 105. The average Bonchev–Trinajstić information content (AvgIpc) is 2.11. The Morgan fingerprint density at radius 2 is 1.30 bits per heavy atom. The Balaban J connectivity index is 0.00000361. The fraction of sp³-hybridized carbons (Fsp3) is 0.333. The zero-order valence-electron chi connectivity index (χ0n) is 8.88. The first-order chi connectivity index (χ1) is 8.32. The summed E-state index contributed by atoms with van der Waals surface area (Å²) >= 11 is 0. The molecule has 0 atom stereocenters. The quantitative estimate of drug-likeness (QED) is 0.514. The zero-order valence-corrected chi connectivity index (χ0v) is 9.70. The molecule has 1 rings (SSSR count). The maximum atomic E-state index is 12.5. The van der Waals surface area contributed by atoms with E-state index in [1.54, 1.807) is 0 Å². The van der Waals surface area contributed by atoms with Crippen molar-refractivity contribution in [3.05, 3.63) is 34.9 Å². The van der Waals surface area contributed by atoms with Gasteiger partial charge in [0.05, 0.1) is 11.1 Å². The van der Waals surface area contributed by atoms with E-state index in [1.165, 1.54) is 0 Å². The molecule has 11 heteroatoms. The molecule has 0 bridgehead atoms. The molecule has 0 radical (unpaired) electrons. The molecule has 0 amide bonds. The standard InChI is InChI=1S/C9H6F6O3S.Na.H/c10-8(11,12)6-2-1-3-7(9(13,14)15)5(6)4-19(16,17)18;;/h1-3H,4H2,(H,16,17,18);;. The van der Waals surface area contributed by atoms with Gasteiger partial charge in [-0.2, -0.15) is 34.8 Å². The molecule has 0 aliphatic rings. The van der Waals surface area contributed by atoms with Gasteiger partial charge in [0.25, 0.3) is 10.1 Å². The Morgan fingerprint density at radius 3 is 1.55 bits per heavy atom. The Hall–Kier alpha value is -0.290. The molecule has 20 heavy (non-hydrogen) atoms. The van der Waals surface area contributed by atoms with E-state index in [-0.39, 0.29) is 29.6 Å². The minimum absolute atomic E-state index is 0. The van der Waals surface area contributed by atoms with Gasteiger partial charge in [0.2, 0.25) is 0 Å². The Bertz CT molecular complexity index is 546. The molecular weight excluding hydrogens is 325 g/mol. The third kappa shape index (κ3) is 5.24. The number of hydrogen-bond donors (Lipinski definition) is 1. The van der Waals surface area contributed by atoms with Crippen molar-refractivity contribution >= 4 is 39.7 Å². The van der Waals surface area contributed by atoms with Crippen LogP contribution in [-0.4, -0.2) is 42.5 Å². The summed E-state index contributed by atoms with van der Waals surface area (Å²) in [5.74, 6) is -1.77. The van der Waals surface area contributed by atoms with Crippen LogP contribution in [0.5, 0.6) is 0 Å². The monoisotopic (exact) mass is 332 g/mol. The van der Waals surface area contributed by atoms with Crippen LogP contribution >= 0.6 is 0 Å². The molecule has 3 nitrogen and oxygen atoms in total. The number of rotatable bonds is 2. The molecule has 0 aliphatic carbocycles. The molecule has 0 saturated heterocycles. The second kappa shape index (κ2) is 6.22. The predicted octanol–water partition coefficient (Wildman–Crippen LogP) is 2.46. The molecule has 0 unspecified atom stereocenters. The van der Waals surface area contributed by atoms with Crippen LogP contribution < -0.4 is 0 Å². The molecule has 110 valence electrons. The first kappa shape index (κ1) is 19.7. The van der Waals surface area contributed by atoms with E-state index in [0.29, 0.717) is 18.2 Å². The Morgan fingerprint density at radius 1 is 0.950 bits per heavy atom. The van der Waals surface area contributed by atoms with Crippen LogP contribution in [-0.2, 0) is 28.2 Å². The Labute approximate surface area is 132 Å². The molecule has 0 aromatic heterocycles. The van der Waals surface area contributed by atoms with E-state index in [4.69, 9.17) is 4.55 Å². The van der Waals surface area contributed by atoms with E-state index in [2.05, 4.69) is 0 Å². The molecule has 0 aliphatic heterocycles.